The van der Waals surface area contributed by atoms with E-state index in [0.717, 1.165) is 25.9 Å². The van der Waals surface area contributed by atoms with E-state index in [9.17, 15) is 0 Å². The van der Waals surface area contributed by atoms with Crippen LogP contribution in [0.25, 0.3) is 0 Å². The molecular weight excluding hydrogens is 224 g/mol. The van der Waals surface area contributed by atoms with E-state index in [1.54, 1.807) is 0 Å². The van der Waals surface area contributed by atoms with Gasteiger partial charge in [0.1, 0.15) is 0 Å². The summed E-state index contributed by atoms with van der Waals surface area (Å²) in [5.74, 6) is -2.04. The largest absolute Gasteiger partial charge is 0.373 e. The second-order valence-corrected chi connectivity index (χ2v) is 6.14. The van der Waals surface area contributed by atoms with Gasteiger partial charge in [0, 0.05) is 6.42 Å². The summed E-state index contributed by atoms with van der Waals surface area (Å²) in [5.41, 5.74) is -0.265. The van der Waals surface area contributed by atoms with E-state index in [-0.39, 0.29) is 5.41 Å². The Hall–Kier alpha value is -0.200. The molecular formula is C12H18O5. The number of fused-ring (bicyclic) bond motifs is 1. The van der Waals surface area contributed by atoms with Crippen LogP contribution in [-0.2, 0) is 24.0 Å². The Morgan fingerprint density at radius 2 is 1.59 bits per heavy atom. The predicted octanol–water partition coefficient (Wildman–Crippen LogP) is 1.71. The molecule has 0 aromatic rings. The van der Waals surface area contributed by atoms with Gasteiger partial charge >= 0.3 is 0 Å². The van der Waals surface area contributed by atoms with Gasteiger partial charge in [-0.3, -0.25) is 0 Å². The highest BCUT2D eigenvalue weighted by molar-refractivity contribution is 5.12. The summed E-state index contributed by atoms with van der Waals surface area (Å²) in [6.45, 7) is 6.70. The maximum absolute atomic E-state index is 6.02. The monoisotopic (exact) mass is 242 g/mol. The second kappa shape index (κ2) is 2.70. The van der Waals surface area contributed by atoms with Gasteiger partial charge in [0.2, 0.25) is 11.6 Å². The highest BCUT2D eigenvalue weighted by atomic mass is 17.3. The molecule has 0 aromatic carbocycles. The van der Waals surface area contributed by atoms with Crippen molar-refractivity contribution in [2.45, 2.75) is 63.5 Å². The predicted molar refractivity (Wildman–Crippen MR) is 55.6 cm³/mol. The van der Waals surface area contributed by atoms with Crippen molar-refractivity contribution in [2.75, 3.05) is 6.61 Å². The van der Waals surface area contributed by atoms with Gasteiger partial charge in [0.15, 0.2) is 5.79 Å². The normalized spacial score (nSPS) is 64.1. The summed E-state index contributed by atoms with van der Waals surface area (Å²) in [5, 5.41) is 0. The van der Waals surface area contributed by atoms with E-state index in [2.05, 4.69) is 0 Å². The summed E-state index contributed by atoms with van der Waals surface area (Å²) in [4.78, 5) is 11.0. The number of epoxide rings is 1. The molecule has 17 heavy (non-hydrogen) atoms. The molecule has 5 rings (SSSR count). The fraction of sp³-hybridized carbons (Fsp3) is 1.00. The van der Waals surface area contributed by atoms with E-state index >= 15 is 0 Å². The molecule has 96 valence electrons. The molecule has 0 aromatic heterocycles. The summed E-state index contributed by atoms with van der Waals surface area (Å²) in [6, 6.07) is 0. The third-order valence-electron chi connectivity index (χ3n) is 4.90. The standard InChI is InChI=1S/C12H18O5/c1-9-4-5-12(6-8-7-13-8)10(2,14-9)16-17-11(12,3)15-9/h8H,4-7H2,1-3H3/t8?,9?,10-,11+,12?. The summed E-state index contributed by atoms with van der Waals surface area (Å²) in [7, 11) is 0. The Morgan fingerprint density at radius 3 is 2.12 bits per heavy atom. The zero-order chi connectivity index (χ0) is 11.9. The molecule has 5 saturated heterocycles. The van der Waals surface area contributed by atoms with Gasteiger partial charge in [0.05, 0.1) is 18.1 Å². The van der Waals surface area contributed by atoms with Crippen LogP contribution in [0, 0.1) is 5.41 Å². The molecule has 5 atom stereocenters. The minimum atomic E-state index is -0.723. The van der Waals surface area contributed by atoms with Gasteiger partial charge < -0.3 is 14.2 Å². The summed E-state index contributed by atoms with van der Waals surface area (Å²) in [6.07, 6.45) is 3.03. The molecule has 0 saturated carbocycles. The minimum Gasteiger partial charge on any atom is -0.373 e. The van der Waals surface area contributed by atoms with Crippen molar-refractivity contribution in [1.29, 1.82) is 0 Å². The molecule has 3 unspecified atom stereocenters. The first-order valence-electron chi connectivity index (χ1n) is 6.29. The third kappa shape index (κ3) is 1.12. The Labute approximate surface area is 100 Å². The van der Waals surface area contributed by atoms with Gasteiger partial charge in [-0.15, -0.1) is 0 Å². The van der Waals surface area contributed by atoms with Gasteiger partial charge in [0.25, 0.3) is 0 Å². The van der Waals surface area contributed by atoms with Crippen LogP contribution in [0.3, 0.4) is 0 Å². The molecule has 0 amide bonds. The lowest BCUT2D eigenvalue weighted by atomic mass is 9.63. The van der Waals surface area contributed by atoms with Gasteiger partial charge in [-0.1, -0.05) is 0 Å². The molecule has 5 heterocycles. The molecule has 4 bridgehead atoms. The molecule has 5 aliphatic rings. The fourth-order valence-corrected chi connectivity index (χ4v) is 3.85. The van der Waals surface area contributed by atoms with Crippen molar-refractivity contribution in [3.05, 3.63) is 0 Å². The average molecular weight is 242 g/mol. The van der Waals surface area contributed by atoms with Crippen LogP contribution in [0.15, 0.2) is 0 Å². The maximum atomic E-state index is 6.02. The third-order valence-corrected chi connectivity index (χ3v) is 4.90. The van der Waals surface area contributed by atoms with E-state index in [0.29, 0.717) is 6.10 Å². The zero-order valence-electron chi connectivity index (χ0n) is 10.4. The van der Waals surface area contributed by atoms with Crippen LogP contribution in [0.5, 0.6) is 0 Å². The van der Waals surface area contributed by atoms with Crippen LogP contribution < -0.4 is 0 Å². The van der Waals surface area contributed by atoms with Crippen molar-refractivity contribution in [3.8, 4) is 0 Å². The molecule has 0 N–H and O–H groups in total. The number of rotatable bonds is 2. The van der Waals surface area contributed by atoms with Crippen LogP contribution in [0.1, 0.15) is 40.0 Å². The number of ether oxygens (including phenoxy) is 3. The first-order chi connectivity index (χ1) is 7.91. The Kier molecular flexibility index (Phi) is 1.70. The van der Waals surface area contributed by atoms with Crippen molar-refractivity contribution in [2.24, 2.45) is 5.41 Å². The highest BCUT2D eigenvalue weighted by Gasteiger charge is 2.79. The molecule has 5 heteroatoms. The second-order valence-electron chi connectivity index (χ2n) is 6.14. The average Bonchev–Trinajstić information content (AvgIpc) is 2.99. The summed E-state index contributed by atoms with van der Waals surface area (Å²) < 4.78 is 17.4. The van der Waals surface area contributed by atoms with Gasteiger partial charge in [-0.2, -0.15) is 9.78 Å². The van der Waals surface area contributed by atoms with Crippen molar-refractivity contribution in [1.82, 2.24) is 0 Å². The minimum absolute atomic E-state index is 0.265. The summed E-state index contributed by atoms with van der Waals surface area (Å²) >= 11 is 0. The van der Waals surface area contributed by atoms with E-state index in [1.165, 1.54) is 0 Å². The number of hydrogen-bond donors (Lipinski definition) is 0. The van der Waals surface area contributed by atoms with Crippen molar-refractivity contribution in [3.63, 3.8) is 0 Å². The number of hydrogen-bond acceptors (Lipinski definition) is 5. The molecule has 0 spiro atoms. The van der Waals surface area contributed by atoms with E-state index in [1.807, 2.05) is 20.8 Å². The van der Waals surface area contributed by atoms with Crippen molar-refractivity contribution < 1.29 is 24.0 Å². The Morgan fingerprint density at radius 1 is 1.00 bits per heavy atom. The molecule has 5 nitrogen and oxygen atoms in total. The maximum Gasteiger partial charge on any atom is 0.212 e. The fourth-order valence-electron chi connectivity index (χ4n) is 3.85. The smallest absolute Gasteiger partial charge is 0.212 e. The lowest BCUT2D eigenvalue weighted by molar-refractivity contribution is -0.455. The highest BCUT2D eigenvalue weighted by Crippen LogP contribution is 2.68. The Bertz CT molecular complexity index is 359. The van der Waals surface area contributed by atoms with Crippen LogP contribution in [0.4, 0.5) is 0 Å². The van der Waals surface area contributed by atoms with Crippen LogP contribution >= 0.6 is 0 Å². The van der Waals surface area contributed by atoms with Gasteiger partial charge in [-0.05, 0) is 33.6 Å². The Balaban J connectivity index is 1.81. The van der Waals surface area contributed by atoms with E-state index in [4.69, 9.17) is 24.0 Å². The topological polar surface area (TPSA) is 49.5 Å². The SMILES string of the molecule is CC12CCC3(CC4CO4)[C@@](C)(OO[C@]3(C)O1)O2. The van der Waals surface area contributed by atoms with E-state index < -0.39 is 17.4 Å². The molecule has 0 aliphatic carbocycles. The van der Waals surface area contributed by atoms with Crippen molar-refractivity contribution >= 4 is 0 Å². The van der Waals surface area contributed by atoms with Crippen LogP contribution in [0.2, 0.25) is 0 Å². The lowest BCUT2D eigenvalue weighted by Gasteiger charge is -2.60. The van der Waals surface area contributed by atoms with Crippen LogP contribution in [-0.4, -0.2) is 30.1 Å². The first-order valence-corrected chi connectivity index (χ1v) is 6.29. The zero-order valence-corrected chi connectivity index (χ0v) is 10.4. The first kappa shape index (κ1) is 10.7. The molecule has 5 aliphatic heterocycles. The van der Waals surface area contributed by atoms with Gasteiger partial charge in [-0.25, -0.2) is 0 Å². The quantitative estimate of drug-likeness (QED) is 0.545. The molecule has 5 fully saturated rings. The molecule has 0 radical (unpaired) electrons. The lowest BCUT2D eigenvalue weighted by Crippen LogP contribution is -2.70.